The lowest BCUT2D eigenvalue weighted by Gasteiger charge is -2.31. The van der Waals surface area contributed by atoms with Crippen molar-refractivity contribution >= 4 is 28.8 Å². The second-order valence-corrected chi connectivity index (χ2v) is 9.59. The fourth-order valence-electron chi connectivity index (χ4n) is 4.85. The summed E-state index contributed by atoms with van der Waals surface area (Å²) >= 11 is 1.49. The van der Waals surface area contributed by atoms with Crippen LogP contribution in [0.25, 0.3) is 22.2 Å². The molecule has 1 aliphatic rings. The number of aromatic nitrogens is 1. The van der Waals surface area contributed by atoms with Crippen LogP contribution in [-0.4, -0.2) is 29.4 Å². The highest BCUT2D eigenvalue weighted by Gasteiger charge is 2.49. The average molecular weight is 497 g/mol. The molecular weight excluding hydrogens is 473 g/mol. The van der Waals surface area contributed by atoms with Crippen molar-refractivity contribution in [1.82, 2.24) is 10.3 Å². The molecule has 0 unspecified atom stereocenters. The van der Waals surface area contributed by atoms with Crippen molar-refractivity contribution in [3.05, 3.63) is 83.9 Å². The summed E-state index contributed by atoms with van der Waals surface area (Å²) in [5.41, 5.74) is 3.67. The van der Waals surface area contributed by atoms with E-state index in [1.165, 1.54) is 11.8 Å². The van der Waals surface area contributed by atoms with Crippen molar-refractivity contribution in [3.63, 3.8) is 0 Å². The molecule has 0 fully saturated rings. The first-order chi connectivity index (χ1) is 16.9. The molecule has 1 N–H and O–H groups in total. The molecular formula is C27H23F3N2O2S. The molecule has 0 aliphatic heterocycles. The van der Waals surface area contributed by atoms with Gasteiger partial charge in [0, 0.05) is 5.75 Å². The van der Waals surface area contributed by atoms with Gasteiger partial charge in [-0.3, -0.25) is 4.79 Å². The number of carbonyl (C=O) groups is 1. The van der Waals surface area contributed by atoms with Gasteiger partial charge in [-0.2, -0.15) is 13.2 Å². The molecule has 180 valence electrons. The summed E-state index contributed by atoms with van der Waals surface area (Å²) in [6, 6.07) is 22.6. The minimum Gasteiger partial charge on any atom is -0.431 e. The third-order valence-electron chi connectivity index (χ3n) is 6.35. The van der Waals surface area contributed by atoms with Crippen molar-refractivity contribution in [2.75, 3.05) is 12.3 Å². The highest BCUT2D eigenvalue weighted by atomic mass is 32.2. The summed E-state index contributed by atoms with van der Waals surface area (Å²) in [5, 5.41) is 2.76. The van der Waals surface area contributed by atoms with E-state index in [-0.39, 0.29) is 0 Å². The van der Waals surface area contributed by atoms with Crippen LogP contribution < -0.4 is 5.32 Å². The Morgan fingerprint density at radius 2 is 1.54 bits per heavy atom. The third-order valence-corrected chi connectivity index (χ3v) is 7.26. The number of fused-ring (bicyclic) bond motifs is 4. The molecule has 0 atom stereocenters. The lowest BCUT2D eigenvalue weighted by atomic mass is 9.73. The number of oxazole rings is 1. The second-order valence-electron chi connectivity index (χ2n) is 8.55. The van der Waals surface area contributed by atoms with Gasteiger partial charge in [0.05, 0.1) is 0 Å². The number of amides is 1. The Bertz CT molecular complexity index is 1290. The number of nitrogens with one attached hydrogen (secondary N) is 1. The predicted molar refractivity (Wildman–Crippen MR) is 130 cm³/mol. The lowest BCUT2D eigenvalue weighted by Crippen LogP contribution is -2.47. The molecule has 35 heavy (non-hydrogen) atoms. The smallest absolute Gasteiger partial charge is 0.405 e. The second kappa shape index (κ2) is 9.41. The number of hydrogen-bond acceptors (Lipinski definition) is 4. The predicted octanol–water partition coefficient (Wildman–Crippen LogP) is 6.74. The monoisotopic (exact) mass is 496 g/mol. The van der Waals surface area contributed by atoms with E-state index in [9.17, 15) is 18.0 Å². The number of unbranched alkanes of at least 4 members (excludes halogenated alkanes) is 1. The van der Waals surface area contributed by atoms with E-state index in [2.05, 4.69) is 10.3 Å². The maximum atomic E-state index is 13.5. The number of para-hydroxylation sites is 2. The van der Waals surface area contributed by atoms with Gasteiger partial charge in [0.25, 0.3) is 5.22 Å². The van der Waals surface area contributed by atoms with Gasteiger partial charge in [0.15, 0.2) is 5.58 Å². The van der Waals surface area contributed by atoms with E-state index in [1.807, 2.05) is 72.8 Å². The van der Waals surface area contributed by atoms with Crippen LogP contribution in [0.5, 0.6) is 0 Å². The van der Waals surface area contributed by atoms with E-state index >= 15 is 0 Å². The maximum absolute atomic E-state index is 13.5. The summed E-state index contributed by atoms with van der Waals surface area (Å²) < 4.78 is 44.7. The van der Waals surface area contributed by atoms with Gasteiger partial charge < -0.3 is 9.73 Å². The highest BCUT2D eigenvalue weighted by Crippen LogP contribution is 2.51. The Kier molecular flexibility index (Phi) is 6.32. The Morgan fingerprint density at radius 1 is 0.914 bits per heavy atom. The summed E-state index contributed by atoms with van der Waals surface area (Å²) in [7, 11) is 0. The average Bonchev–Trinajstić information content (AvgIpc) is 3.39. The standard InChI is InChI=1S/C27H23F3N2O2S/c28-27(29,30)17-31-24(33)26(20-11-3-1-9-18(20)19-10-2-4-12-21(19)26)15-7-8-16-35-25-32-22-13-5-6-14-23(22)34-25/h1-6,9-14H,7-8,15-17H2,(H,31,33). The number of hydrogen-bond donors (Lipinski definition) is 1. The van der Waals surface area contributed by atoms with Gasteiger partial charge >= 0.3 is 6.18 Å². The van der Waals surface area contributed by atoms with Crippen molar-refractivity contribution in [2.45, 2.75) is 36.1 Å². The van der Waals surface area contributed by atoms with Gasteiger partial charge in [-0.05, 0) is 47.2 Å². The number of benzene rings is 3. The fourth-order valence-corrected chi connectivity index (χ4v) is 5.68. The van der Waals surface area contributed by atoms with Gasteiger partial charge in [0.2, 0.25) is 5.91 Å². The Hall–Kier alpha value is -3.26. The van der Waals surface area contributed by atoms with Crippen LogP contribution in [-0.2, 0) is 10.2 Å². The largest absolute Gasteiger partial charge is 0.431 e. The molecule has 0 saturated carbocycles. The van der Waals surface area contributed by atoms with Gasteiger partial charge in [-0.1, -0.05) is 78.8 Å². The van der Waals surface area contributed by atoms with Crippen LogP contribution >= 0.6 is 11.8 Å². The number of carbonyl (C=O) groups excluding carboxylic acids is 1. The molecule has 4 aromatic rings. The zero-order valence-corrected chi connectivity index (χ0v) is 19.6. The van der Waals surface area contributed by atoms with Crippen molar-refractivity contribution in [3.8, 4) is 11.1 Å². The normalized spacial score (nSPS) is 14.0. The lowest BCUT2D eigenvalue weighted by molar-refractivity contribution is -0.141. The van der Waals surface area contributed by atoms with E-state index < -0.39 is 24.0 Å². The summed E-state index contributed by atoms with van der Waals surface area (Å²) in [4.78, 5) is 17.9. The van der Waals surface area contributed by atoms with Crippen LogP contribution in [0.1, 0.15) is 30.4 Å². The Balaban J connectivity index is 1.36. The maximum Gasteiger partial charge on any atom is 0.405 e. The van der Waals surface area contributed by atoms with E-state index in [1.54, 1.807) is 0 Å². The van der Waals surface area contributed by atoms with Crippen molar-refractivity contribution in [2.24, 2.45) is 0 Å². The van der Waals surface area contributed by atoms with Crippen molar-refractivity contribution in [1.29, 1.82) is 0 Å². The molecule has 1 aromatic heterocycles. The number of thioether (sulfide) groups is 1. The summed E-state index contributed by atoms with van der Waals surface area (Å²) in [6.45, 7) is -1.36. The molecule has 3 aromatic carbocycles. The molecule has 0 radical (unpaired) electrons. The quantitative estimate of drug-likeness (QED) is 0.217. The molecule has 0 saturated heterocycles. The zero-order chi connectivity index (χ0) is 24.5. The first-order valence-electron chi connectivity index (χ1n) is 11.4. The fraction of sp³-hybridized carbons (Fsp3) is 0.259. The Labute approximate surface area is 204 Å². The molecule has 0 spiro atoms. The minimum absolute atomic E-state index is 0.402. The number of nitrogens with zero attached hydrogens (tertiary/aromatic N) is 1. The minimum atomic E-state index is -4.48. The number of alkyl halides is 3. The molecule has 1 heterocycles. The third kappa shape index (κ3) is 4.55. The van der Waals surface area contributed by atoms with E-state index in [0.717, 1.165) is 45.5 Å². The topological polar surface area (TPSA) is 55.1 Å². The SMILES string of the molecule is O=C(NCC(F)(F)F)C1(CCCCSc2nc3ccccc3o2)c2ccccc2-c2ccccc21. The van der Waals surface area contributed by atoms with Gasteiger partial charge in [-0.15, -0.1) is 0 Å². The number of halogens is 3. The first-order valence-corrected chi connectivity index (χ1v) is 12.4. The van der Waals surface area contributed by atoms with Gasteiger partial charge in [0.1, 0.15) is 17.5 Å². The van der Waals surface area contributed by atoms with Crippen LogP contribution in [0, 0.1) is 0 Å². The first kappa shape index (κ1) is 23.5. The van der Waals surface area contributed by atoms with Crippen LogP contribution in [0.2, 0.25) is 0 Å². The van der Waals surface area contributed by atoms with Crippen LogP contribution in [0.3, 0.4) is 0 Å². The Morgan fingerprint density at radius 3 is 2.20 bits per heavy atom. The van der Waals surface area contributed by atoms with E-state index in [4.69, 9.17) is 4.42 Å². The van der Waals surface area contributed by atoms with Gasteiger partial charge in [-0.25, -0.2) is 4.98 Å². The summed E-state index contributed by atoms with van der Waals surface area (Å²) in [5.74, 6) is 0.106. The van der Waals surface area contributed by atoms with E-state index in [0.29, 0.717) is 18.1 Å². The molecule has 8 heteroatoms. The molecule has 0 bridgehead atoms. The van der Waals surface area contributed by atoms with Crippen LogP contribution in [0.4, 0.5) is 13.2 Å². The summed E-state index contributed by atoms with van der Waals surface area (Å²) in [6.07, 6.45) is -2.68. The van der Waals surface area contributed by atoms with Crippen molar-refractivity contribution < 1.29 is 22.4 Å². The highest BCUT2D eigenvalue weighted by molar-refractivity contribution is 7.99. The number of rotatable bonds is 8. The zero-order valence-electron chi connectivity index (χ0n) is 18.8. The molecule has 1 amide bonds. The molecule has 1 aliphatic carbocycles. The molecule has 5 rings (SSSR count). The van der Waals surface area contributed by atoms with Crippen LogP contribution in [0.15, 0.2) is 82.4 Å². The molecule has 4 nitrogen and oxygen atoms in total.